The molecule has 2 rings (SSSR count). The van der Waals surface area contributed by atoms with Crippen molar-refractivity contribution in [2.75, 3.05) is 0 Å². The van der Waals surface area contributed by atoms with Gasteiger partial charge in [0.2, 0.25) is 0 Å². The highest BCUT2D eigenvalue weighted by Gasteiger charge is 2.25. The van der Waals surface area contributed by atoms with E-state index < -0.39 is 5.82 Å². The van der Waals surface area contributed by atoms with Crippen LogP contribution in [0.15, 0.2) is 18.2 Å². The van der Waals surface area contributed by atoms with Gasteiger partial charge in [-0.3, -0.25) is 4.79 Å². The maximum Gasteiger partial charge on any atom is 0.141 e. The molecule has 1 atom stereocenters. The van der Waals surface area contributed by atoms with E-state index >= 15 is 0 Å². The zero-order valence-corrected chi connectivity index (χ0v) is 10.2. The Hall–Kier alpha value is -0.930. The lowest BCUT2D eigenvalue weighted by Crippen LogP contribution is -2.26. The van der Waals surface area contributed by atoms with E-state index in [-0.39, 0.29) is 17.0 Å². The van der Waals surface area contributed by atoms with Crippen molar-refractivity contribution in [3.05, 3.63) is 34.6 Å². The van der Waals surface area contributed by atoms with Crippen molar-refractivity contribution in [3.8, 4) is 0 Å². The van der Waals surface area contributed by atoms with E-state index in [1.807, 2.05) is 0 Å². The maximum absolute atomic E-state index is 13.0. The van der Waals surface area contributed by atoms with Crippen molar-refractivity contribution in [2.24, 2.45) is 11.7 Å². The molecule has 1 aliphatic carbocycles. The lowest BCUT2D eigenvalue weighted by atomic mass is 9.81. The number of hydrogen-bond acceptors (Lipinski definition) is 2. The molecule has 0 amide bonds. The van der Waals surface area contributed by atoms with Crippen LogP contribution in [0.2, 0.25) is 5.02 Å². The fourth-order valence-electron chi connectivity index (χ4n) is 2.31. The van der Waals surface area contributed by atoms with Crippen LogP contribution in [0.3, 0.4) is 0 Å². The Morgan fingerprint density at radius 2 is 2.00 bits per heavy atom. The molecule has 0 radical (unpaired) electrons. The zero-order chi connectivity index (χ0) is 12.4. The predicted molar refractivity (Wildman–Crippen MR) is 65.3 cm³/mol. The molecule has 17 heavy (non-hydrogen) atoms. The summed E-state index contributed by atoms with van der Waals surface area (Å²) in [4.78, 5) is 11.2. The van der Waals surface area contributed by atoms with Gasteiger partial charge in [0.1, 0.15) is 11.6 Å². The normalized spacial score (nSPS) is 19.4. The highest BCUT2D eigenvalue weighted by Crippen LogP contribution is 2.32. The van der Waals surface area contributed by atoms with E-state index in [1.54, 1.807) is 12.1 Å². The number of Topliss-reactive ketones (excluding diaryl/α,β-unsaturated/α-hetero) is 1. The molecule has 2 nitrogen and oxygen atoms in total. The summed E-state index contributed by atoms with van der Waals surface area (Å²) in [6.07, 6.45) is 2.84. The number of benzene rings is 1. The summed E-state index contributed by atoms with van der Waals surface area (Å²) in [7, 11) is 0. The molecule has 0 bridgehead atoms. The fraction of sp³-hybridized carbons (Fsp3) is 0.462. The first-order valence-electron chi connectivity index (χ1n) is 5.80. The zero-order valence-electron chi connectivity index (χ0n) is 9.46. The molecule has 92 valence electrons. The topological polar surface area (TPSA) is 43.1 Å². The Morgan fingerprint density at radius 3 is 2.59 bits per heavy atom. The van der Waals surface area contributed by atoms with E-state index in [9.17, 15) is 9.18 Å². The molecule has 1 aliphatic rings. The van der Waals surface area contributed by atoms with E-state index in [1.165, 1.54) is 6.07 Å². The molecule has 1 saturated carbocycles. The number of halogens is 2. The van der Waals surface area contributed by atoms with Crippen molar-refractivity contribution < 1.29 is 9.18 Å². The second-order valence-electron chi connectivity index (χ2n) is 4.58. The van der Waals surface area contributed by atoms with E-state index in [4.69, 9.17) is 17.3 Å². The largest absolute Gasteiger partial charge is 0.324 e. The molecule has 1 fully saturated rings. The Morgan fingerprint density at radius 1 is 1.35 bits per heavy atom. The summed E-state index contributed by atoms with van der Waals surface area (Å²) in [6, 6.07) is 4.42. The van der Waals surface area contributed by atoms with Crippen LogP contribution >= 0.6 is 11.6 Å². The maximum atomic E-state index is 13.0. The van der Waals surface area contributed by atoms with Gasteiger partial charge >= 0.3 is 0 Å². The number of nitrogens with two attached hydrogens (primary N) is 1. The van der Waals surface area contributed by atoms with Crippen molar-refractivity contribution in [1.29, 1.82) is 0 Å². The average Bonchev–Trinajstić information content (AvgIpc) is 2.33. The highest BCUT2D eigenvalue weighted by molar-refractivity contribution is 6.30. The monoisotopic (exact) mass is 255 g/mol. The first kappa shape index (κ1) is 12.5. The second-order valence-corrected chi connectivity index (χ2v) is 4.98. The van der Waals surface area contributed by atoms with Gasteiger partial charge in [0.05, 0.1) is 5.02 Å². The van der Waals surface area contributed by atoms with Crippen LogP contribution in [0.4, 0.5) is 4.39 Å². The smallest absolute Gasteiger partial charge is 0.141 e. The third kappa shape index (κ3) is 2.85. The molecule has 1 aromatic rings. The van der Waals surface area contributed by atoms with Gasteiger partial charge in [-0.1, -0.05) is 17.7 Å². The Labute approximate surface area is 105 Å². The number of ketones is 1. The number of hydrogen-bond donors (Lipinski definition) is 1. The van der Waals surface area contributed by atoms with E-state index in [2.05, 4.69) is 0 Å². The molecule has 0 heterocycles. The molecule has 0 saturated heterocycles. The molecule has 4 heteroatoms. The van der Waals surface area contributed by atoms with Crippen molar-refractivity contribution >= 4 is 17.4 Å². The Kier molecular flexibility index (Phi) is 3.79. The van der Waals surface area contributed by atoms with Crippen LogP contribution in [0.5, 0.6) is 0 Å². The quantitative estimate of drug-likeness (QED) is 0.882. The van der Waals surface area contributed by atoms with Gasteiger partial charge in [0.15, 0.2) is 0 Å². The van der Waals surface area contributed by atoms with Gasteiger partial charge in [-0.25, -0.2) is 4.39 Å². The summed E-state index contributed by atoms with van der Waals surface area (Å²) in [5, 5.41) is 0.102. The second kappa shape index (κ2) is 5.15. The number of carbonyl (C=O) groups excluding carboxylic acids is 1. The molecule has 1 aromatic carbocycles. The summed E-state index contributed by atoms with van der Waals surface area (Å²) < 4.78 is 13.0. The van der Waals surface area contributed by atoms with E-state index in [0.717, 1.165) is 18.4 Å². The first-order chi connectivity index (χ1) is 8.08. The van der Waals surface area contributed by atoms with Crippen LogP contribution in [-0.4, -0.2) is 5.78 Å². The Balaban J connectivity index is 2.11. The molecule has 0 aromatic heterocycles. The summed E-state index contributed by atoms with van der Waals surface area (Å²) >= 11 is 5.74. The molecule has 0 spiro atoms. The first-order valence-corrected chi connectivity index (χ1v) is 6.18. The van der Waals surface area contributed by atoms with Crippen LogP contribution in [-0.2, 0) is 4.79 Å². The van der Waals surface area contributed by atoms with Crippen LogP contribution in [0, 0.1) is 11.7 Å². The minimum Gasteiger partial charge on any atom is -0.324 e. The van der Waals surface area contributed by atoms with Gasteiger partial charge in [-0.05, 0) is 36.5 Å². The van der Waals surface area contributed by atoms with Gasteiger partial charge in [0.25, 0.3) is 0 Å². The number of carbonyl (C=O) groups is 1. The summed E-state index contributed by atoms with van der Waals surface area (Å²) in [6.45, 7) is 0. The third-order valence-electron chi connectivity index (χ3n) is 3.42. The SMILES string of the molecule is NC(c1ccc(F)c(Cl)c1)C1CCC(=O)CC1. The van der Waals surface area contributed by atoms with Gasteiger partial charge in [-0.2, -0.15) is 0 Å². The third-order valence-corrected chi connectivity index (χ3v) is 3.71. The molecular formula is C13H15ClFNO. The summed E-state index contributed by atoms with van der Waals surface area (Å²) in [5.74, 6) is 0.168. The van der Waals surface area contributed by atoms with Gasteiger partial charge < -0.3 is 5.73 Å². The van der Waals surface area contributed by atoms with Gasteiger partial charge in [0, 0.05) is 18.9 Å². The van der Waals surface area contributed by atoms with Crippen molar-refractivity contribution in [1.82, 2.24) is 0 Å². The van der Waals surface area contributed by atoms with Crippen LogP contribution in [0.25, 0.3) is 0 Å². The molecule has 1 unspecified atom stereocenters. The van der Waals surface area contributed by atoms with Crippen LogP contribution in [0.1, 0.15) is 37.3 Å². The Bertz CT molecular complexity index is 425. The van der Waals surface area contributed by atoms with Gasteiger partial charge in [-0.15, -0.1) is 0 Å². The summed E-state index contributed by atoms with van der Waals surface area (Å²) in [5.41, 5.74) is 6.99. The van der Waals surface area contributed by atoms with Crippen molar-refractivity contribution in [3.63, 3.8) is 0 Å². The minimum atomic E-state index is -0.429. The average molecular weight is 256 g/mol. The lowest BCUT2D eigenvalue weighted by Gasteiger charge is -2.27. The molecular weight excluding hydrogens is 241 g/mol. The van der Waals surface area contributed by atoms with Crippen molar-refractivity contribution in [2.45, 2.75) is 31.7 Å². The predicted octanol–water partition coefficient (Wildman–Crippen LogP) is 3.24. The minimum absolute atomic E-state index is 0.102. The van der Waals surface area contributed by atoms with E-state index in [0.29, 0.717) is 18.6 Å². The highest BCUT2D eigenvalue weighted by atomic mass is 35.5. The lowest BCUT2D eigenvalue weighted by molar-refractivity contribution is -0.121. The molecule has 2 N–H and O–H groups in total. The standard InChI is InChI=1S/C13H15ClFNO/c14-11-7-9(3-6-12(11)15)13(16)8-1-4-10(17)5-2-8/h3,6-8,13H,1-2,4-5,16H2. The van der Waals surface area contributed by atoms with Crippen LogP contribution < -0.4 is 5.73 Å². The fourth-order valence-corrected chi connectivity index (χ4v) is 2.50. The number of rotatable bonds is 2. The molecule has 0 aliphatic heterocycles.